The smallest absolute Gasteiger partial charge is 0.186 e. The number of thioether (sulfide) groups is 1. The Morgan fingerprint density at radius 2 is 2.06 bits per heavy atom. The van der Waals surface area contributed by atoms with Crippen LogP contribution in [0.4, 0.5) is 4.39 Å². The van der Waals surface area contributed by atoms with E-state index in [4.69, 9.17) is 5.73 Å². The fourth-order valence-electron chi connectivity index (χ4n) is 4.30. The minimum Gasteiger partial charge on any atom is -0.329 e. The highest BCUT2D eigenvalue weighted by Gasteiger charge is 2.41. The summed E-state index contributed by atoms with van der Waals surface area (Å²) in [6.45, 7) is 3.82. The number of benzene rings is 1. The van der Waals surface area contributed by atoms with Gasteiger partial charge in [0.15, 0.2) is 10.9 Å². The molecule has 2 aromatic rings. The van der Waals surface area contributed by atoms with Crippen molar-refractivity contribution < 1.29 is 14.0 Å². The summed E-state index contributed by atoms with van der Waals surface area (Å²) in [6.07, 6.45) is 6.34. The van der Waals surface area contributed by atoms with Crippen molar-refractivity contribution in [1.29, 1.82) is 0 Å². The van der Waals surface area contributed by atoms with Crippen LogP contribution >= 0.6 is 11.8 Å². The van der Waals surface area contributed by atoms with Gasteiger partial charge in [-0.3, -0.25) is 19.2 Å². The van der Waals surface area contributed by atoms with Gasteiger partial charge < -0.3 is 5.73 Å². The van der Waals surface area contributed by atoms with Gasteiger partial charge in [0.2, 0.25) is 0 Å². The summed E-state index contributed by atoms with van der Waals surface area (Å²) < 4.78 is 16.5. The quantitative estimate of drug-likeness (QED) is 0.655. The number of nitrogens with two attached hydrogens (primary N) is 1. The number of rotatable bonds is 8. The second-order valence-electron chi connectivity index (χ2n) is 8.47. The van der Waals surface area contributed by atoms with Crippen LogP contribution in [0.15, 0.2) is 42.1 Å². The van der Waals surface area contributed by atoms with Crippen LogP contribution in [0.25, 0.3) is 6.08 Å². The van der Waals surface area contributed by atoms with Crippen molar-refractivity contribution in [2.45, 2.75) is 44.0 Å². The molecular weight excluding hydrogens is 427 g/mol. The predicted molar refractivity (Wildman–Crippen MR) is 124 cm³/mol. The zero-order chi connectivity index (χ0) is 22.7. The van der Waals surface area contributed by atoms with Gasteiger partial charge in [0.05, 0.1) is 18.3 Å². The van der Waals surface area contributed by atoms with Crippen LogP contribution in [-0.2, 0) is 16.1 Å². The van der Waals surface area contributed by atoms with E-state index in [0.717, 1.165) is 24.1 Å². The third-order valence-electron chi connectivity index (χ3n) is 5.95. The summed E-state index contributed by atoms with van der Waals surface area (Å²) in [5, 5.41) is 4.62. The predicted octanol–water partition coefficient (Wildman–Crippen LogP) is 3.44. The lowest BCUT2D eigenvalue weighted by molar-refractivity contribution is -0.126. The van der Waals surface area contributed by atoms with Crippen LogP contribution in [0.1, 0.15) is 43.5 Å². The van der Waals surface area contributed by atoms with Gasteiger partial charge >= 0.3 is 0 Å². The number of nitrogens with zero attached hydrogens (tertiary/aromatic N) is 3. The van der Waals surface area contributed by atoms with Crippen molar-refractivity contribution in [2.75, 3.05) is 19.6 Å². The highest BCUT2D eigenvalue weighted by atomic mass is 32.2. The Balaban J connectivity index is 1.65. The van der Waals surface area contributed by atoms with Crippen molar-refractivity contribution >= 4 is 28.7 Å². The van der Waals surface area contributed by atoms with Crippen LogP contribution < -0.4 is 5.73 Å². The molecule has 2 fully saturated rings. The molecule has 0 amide bonds. The minimum atomic E-state index is -0.606. The first-order chi connectivity index (χ1) is 15.5. The summed E-state index contributed by atoms with van der Waals surface area (Å²) in [4.78, 5) is 27.2. The van der Waals surface area contributed by atoms with Gasteiger partial charge in [0, 0.05) is 49.5 Å². The molecule has 2 unspecified atom stereocenters. The van der Waals surface area contributed by atoms with Gasteiger partial charge in [-0.15, -0.1) is 0 Å². The first-order valence-corrected chi connectivity index (χ1v) is 12.0. The molecule has 1 saturated carbocycles. The Kier molecular flexibility index (Phi) is 7.23. The van der Waals surface area contributed by atoms with E-state index >= 15 is 0 Å². The molecule has 2 aliphatic rings. The van der Waals surface area contributed by atoms with E-state index in [2.05, 4.69) is 10.00 Å². The zero-order valence-electron chi connectivity index (χ0n) is 18.2. The number of aromatic nitrogens is 2. The monoisotopic (exact) mass is 456 g/mol. The maximum Gasteiger partial charge on any atom is 0.186 e. The summed E-state index contributed by atoms with van der Waals surface area (Å²) in [5.41, 5.74) is 7.88. The number of carbonyl (C=O) groups is 2. The fourth-order valence-corrected chi connectivity index (χ4v) is 5.21. The van der Waals surface area contributed by atoms with E-state index < -0.39 is 6.04 Å². The van der Waals surface area contributed by atoms with Gasteiger partial charge in [-0.2, -0.15) is 5.10 Å². The fraction of sp³-hybridized carbons (Fsp3) is 0.458. The van der Waals surface area contributed by atoms with Crippen LogP contribution in [0.5, 0.6) is 0 Å². The number of halogens is 1. The Bertz CT molecular complexity index is 1020. The average Bonchev–Trinajstić information content (AvgIpc) is 3.52. The molecule has 1 aliphatic heterocycles. The van der Waals surface area contributed by atoms with E-state index in [9.17, 15) is 14.0 Å². The zero-order valence-corrected chi connectivity index (χ0v) is 19.1. The molecular formula is C24H29FN4O2S. The molecule has 6 nitrogen and oxygen atoms in total. The molecule has 0 radical (unpaired) electrons. The summed E-state index contributed by atoms with van der Waals surface area (Å²) in [5.74, 6) is -0.236. The van der Waals surface area contributed by atoms with E-state index in [-0.39, 0.29) is 27.9 Å². The number of piperidine rings is 1. The molecule has 1 aromatic heterocycles. The van der Waals surface area contributed by atoms with E-state index in [0.29, 0.717) is 38.2 Å². The lowest BCUT2D eigenvalue weighted by Crippen LogP contribution is -2.43. The number of likely N-dealkylation sites (tertiary alicyclic amines) is 1. The molecule has 2 atom stereocenters. The highest BCUT2D eigenvalue weighted by Crippen LogP contribution is 2.40. The first kappa shape index (κ1) is 22.9. The SMILES string of the molecule is CC(=O)SC1CCN(C(C(=O)C2CC2)c2ccccc2F)C/C1=C/c1ccn(CCN)n1. The maximum atomic E-state index is 14.7. The largest absolute Gasteiger partial charge is 0.329 e. The summed E-state index contributed by atoms with van der Waals surface area (Å²) in [6, 6.07) is 7.88. The molecule has 1 aliphatic carbocycles. The Hall–Kier alpha value is -2.29. The second kappa shape index (κ2) is 10.1. The molecule has 2 N–H and O–H groups in total. The molecule has 0 spiro atoms. The molecule has 1 saturated heterocycles. The van der Waals surface area contributed by atoms with Gasteiger partial charge in [-0.25, -0.2) is 4.39 Å². The molecule has 32 heavy (non-hydrogen) atoms. The van der Waals surface area contributed by atoms with Gasteiger partial charge in [0.25, 0.3) is 0 Å². The topological polar surface area (TPSA) is 81.2 Å². The number of carbonyl (C=O) groups excluding carboxylic acids is 2. The standard InChI is InChI=1S/C24H29FN4O2S/c1-16(30)32-22-9-11-28(15-18(22)14-19-8-12-29(27-19)13-10-26)23(24(31)17-6-7-17)20-4-2-3-5-21(20)25/h2-5,8,12,14,17,22-23H,6-7,9-11,13,15,26H2,1H3/b18-14-. The second-order valence-corrected chi connectivity index (χ2v) is 9.85. The average molecular weight is 457 g/mol. The Morgan fingerprint density at radius 3 is 2.75 bits per heavy atom. The number of hydrogen-bond donors (Lipinski definition) is 1. The van der Waals surface area contributed by atoms with Gasteiger partial charge in [0.1, 0.15) is 5.82 Å². The molecule has 0 bridgehead atoms. The molecule has 2 heterocycles. The normalized spacial score (nSPS) is 21.6. The van der Waals surface area contributed by atoms with Crippen molar-refractivity contribution in [2.24, 2.45) is 11.7 Å². The van der Waals surface area contributed by atoms with Crippen molar-refractivity contribution in [3.63, 3.8) is 0 Å². The van der Waals surface area contributed by atoms with Crippen molar-refractivity contribution in [1.82, 2.24) is 14.7 Å². The third kappa shape index (κ3) is 5.36. The third-order valence-corrected chi connectivity index (χ3v) is 7.11. The van der Waals surface area contributed by atoms with Crippen LogP contribution in [0, 0.1) is 11.7 Å². The van der Waals surface area contributed by atoms with Gasteiger partial charge in [-0.05, 0) is 43.0 Å². The lowest BCUT2D eigenvalue weighted by Gasteiger charge is -2.38. The number of Topliss-reactive ketones (excluding diaryl/α,β-unsaturated/α-hetero) is 1. The summed E-state index contributed by atoms with van der Waals surface area (Å²) >= 11 is 1.31. The molecule has 8 heteroatoms. The van der Waals surface area contributed by atoms with E-state index in [1.807, 2.05) is 18.3 Å². The van der Waals surface area contributed by atoms with Gasteiger partial charge in [-0.1, -0.05) is 30.0 Å². The van der Waals surface area contributed by atoms with Crippen molar-refractivity contribution in [3.8, 4) is 0 Å². The lowest BCUT2D eigenvalue weighted by atomic mass is 9.93. The van der Waals surface area contributed by atoms with E-state index in [1.165, 1.54) is 17.8 Å². The number of hydrogen-bond acceptors (Lipinski definition) is 6. The number of ketones is 1. The van der Waals surface area contributed by atoms with Crippen LogP contribution in [-0.4, -0.2) is 50.5 Å². The highest BCUT2D eigenvalue weighted by molar-refractivity contribution is 8.14. The molecule has 4 rings (SSSR count). The molecule has 170 valence electrons. The summed E-state index contributed by atoms with van der Waals surface area (Å²) in [7, 11) is 0. The van der Waals surface area contributed by atoms with Crippen molar-refractivity contribution in [3.05, 3.63) is 59.2 Å². The molecule has 1 aromatic carbocycles. The maximum absolute atomic E-state index is 14.7. The Morgan fingerprint density at radius 1 is 1.28 bits per heavy atom. The van der Waals surface area contributed by atoms with Crippen LogP contribution in [0.3, 0.4) is 0 Å². The minimum absolute atomic E-state index is 0.0145. The first-order valence-electron chi connectivity index (χ1n) is 11.1. The van der Waals surface area contributed by atoms with E-state index in [1.54, 1.807) is 29.8 Å². The van der Waals surface area contributed by atoms with Crippen LogP contribution in [0.2, 0.25) is 0 Å². The Labute approximate surface area is 192 Å².